The van der Waals surface area contributed by atoms with Gasteiger partial charge in [0.1, 0.15) is 5.58 Å². The third-order valence-corrected chi connectivity index (χ3v) is 3.47. The quantitative estimate of drug-likeness (QED) is 0.277. The molecule has 0 unspecified atom stereocenters. The minimum atomic E-state index is -0.361. The number of para-hydroxylation sites is 1. The summed E-state index contributed by atoms with van der Waals surface area (Å²) < 4.78 is 5.44. The first-order valence-electron chi connectivity index (χ1n) is 6.32. The highest BCUT2D eigenvalue weighted by Crippen LogP contribution is 2.25. The number of aromatic nitrogens is 2. The first kappa shape index (κ1) is 11.1. The van der Waals surface area contributed by atoms with Crippen LogP contribution in [0.25, 0.3) is 32.9 Å². The lowest BCUT2D eigenvalue weighted by Crippen LogP contribution is -2.02. The van der Waals surface area contributed by atoms with Crippen molar-refractivity contribution in [1.29, 1.82) is 0 Å². The van der Waals surface area contributed by atoms with Gasteiger partial charge in [0.2, 0.25) is 0 Å². The van der Waals surface area contributed by atoms with E-state index in [1.54, 1.807) is 12.3 Å². The molecule has 4 nitrogen and oxygen atoms in total. The van der Waals surface area contributed by atoms with Crippen molar-refractivity contribution in [3.8, 4) is 0 Å². The summed E-state index contributed by atoms with van der Waals surface area (Å²) in [5.74, 6) is 0. The van der Waals surface area contributed by atoms with E-state index in [9.17, 15) is 4.79 Å². The van der Waals surface area contributed by atoms with Crippen molar-refractivity contribution in [2.75, 3.05) is 0 Å². The van der Waals surface area contributed by atoms with E-state index in [1.807, 2.05) is 37.3 Å². The Kier molecular flexibility index (Phi) is 2.15. The van der Waals surface area contributed by atoms with Crippen LogP contribution in [0.2, 0.25) is 0 Å². The zero-order valence-electron chi connectivity index (χ0n) is 10.8. The predicted octanol–water partition coefficient (Wildman–Crippen LogP) is 3.20. The van der Waals surface area contributed by atoms with Crippen LogP contribution in [0, 0.1) is 6.92 Å². The summed E-state index contributed by atoms with van der Waals surface area (Å²) in [4.78, 5) is 20.9. The van der Waals surface area contributed by atoms with Crippen LogP contribution < -0.4 is 5.63 Å². The highest BCUT2D eigenvalue weighted by atomic mass is 16.4. The molecule has 20 heavy (non-hydrogen) atoms. The number of hydrogen-bond donors (Lipinski definition) is 0. The number of rotatable bonds is 0. The lowest BCUT2D eigenvalue weighted by atomic mass is 10.1. The van der Waals surface area contributed by atoms with Gasteiger partial charge in [-0.05, 0) is 36.8 Å². The summed E-state index contributed by atoms with van der Waals surface area (Å²) in [6, 6.07) is 11.3. The monoisotopic (exact) mass is 262 g/mol. The second-order valence-corrected chi connectivity index (χ2v) is 4.78. The molecule has 96 valence electrons. The minimum Gasteiger partial charge on any atom is -0.422 e. The summed E-state index contributed by atoms with van der Waals surface area (Å²) >= 11 is 0. The maximum absolute atomic E-state index is 12.2. The van der Waals surface area contributed by atoms with Gasteiger partial charge in [0.05, 0.1) is 10.9 Å². The molecule has 0 saturated carbocycles. The molecule has 0 saturated heterocycles. The molecule has 0 fully saturated rings. The molecule has 3 heterocycles. The third-order valence-electron chi connectivity index (χ3n) is 3.47. The van der Waals surface area contributed by atoms with E-state index in [1.165, 1.54) is 0 Å². The number of fused-ring (bicyclic) bond motifs is 4. The molecule has 4 aromatic rings. The molecule has 0 bridgehead atoms. The zero-order valence-corrected chi connectivity index (χ0v) is 10.8. The molecule has 0 N–H and O–H groups in total. The largest absolute Gasteiger partial charge is 0.422 e. The van der Waals surface area contributed by atoms with Crippen LogP contribution in [0.1, 0.15) is 5.56 Å². The minimum absolute atomic E-state index is 0.361. The van der Waals surface area contributed by atoms with Gasteiger partial charge < -0.3 is 4.42 Å². The van der Waals surface area contributed by atoms with Crippen LogP contribution in [0.5, 0.6) is 0 Å². The molecule has 4 heteroatoms. The fourth-order valence-electron chi connectivity index (χ4n) is 2.49. The molecule has 0 spiro atoms. The van der Waals surface area contributed by atoms with Crippen LogP contribution in [-0.2, 0) is 0 Å². The van der Waals surface area contributed by atoms with Crippen molar-refractivity contribution in [2.45, 2.75) is 6.92 Å². The van der Waals surface area contributed by atoms with Gasteiger partial charge in [0.25, 0.3) is 0 Å². The van der Waals surface area contributed by atoms with E-state index in [2.05, 4.69) is 9.97 Å². The fraction of sp³-hybridized carbons (Fsp3) is 0.0625. The van der Waals surface area contributed by atoms with Crippen molar-refractivity contribution >= 4 is 32.9 Å². The van der Waals surface area contributed by atoms with Gasteiger partial charge in [0.15, 0.2) is 5.65 Å². The molecule has 1 aromatic carbocycles. The van der Waals surface area contributed by atoms with Crippen molar-refractivity contribution in [2.24, 2.45) is 0 Å². The van der Waals surface area contributed by atoms with E-state index in [0.717, 1.165) is 16.3 Å². The molecule has 0 aliphatic heterocycles. The summed E-state index contributed by atoms with van der Waals surface area (Å²) in [7, 11) is 0. The van der Waals surface area contributed by atoms with Crippen molar-refractivity contribution in [3.63, 3.8) is 0 Å². The molecule has 0 radical (unpaired) electrons. The first-order chi connectivity index (χ1) is 9.74. The average molecular weight is 262 g/mol. The SMILES string of the molecule is Cc1cccc2c1oc(=O)c1cc3cccnc3nc12. The number of pyridine rings is 2. The predicted molar refractivity (Wildman–Crippen MR) is 77.8 cm³/mol. The third kappa shape index (κ3) is 1.45. The number of nitrogens with zero attached hydrogens (tertiary/aromatic N) is 2. The maximum Gasteiger partial charge on any atom is 0.345 e. The van der Waals surface area contributed by atoms with Gasteiger partial charge in [-0.3, -0.25) is 0 Å². The van der Waals surface area contributed by atoms with Crippen LogP contribution >= 0.6 is 0 Å². The second-order valence-electron chi connectivity index (χ2n) is 4.78. The van der Waals surface area contributed by atoms with E-state index < -0.39 is 0 Å². The normalized spacial score (nSPS) is 11.4. The Morgan fingerprint density at radius 3 is 2.90 bits per heavy atom. The number of aryl methyl sites for hydroxylation is 1. The highest BCUT2D eigenvalue weighted by molar-refractivity contribution is 6.05. The highest BCUT2D eigenvalue weighted by Gasteiger charge is 2.11. The molecular formula is C16H10N2O2. The number of benzene rings is 1. The molecule has 3 aromatic heterocycles. The zero-order chi connectivity index (χ0) is 13.7. The van der Waals surface area contributed by atoms with E-state index in [0.29, 0.717) is 22.1 Å². The summed E-state index contributed by atoms with van der Waals surface area (Å²) in [5, 5.41) is 2.16. The lowest BCUT2D eigenvalue weighted by Gasteiger charge is -2.05. The molecule has 4 rings (SSSR count). The Labute approximate surface area is 113 Å². The Bertz CT molecular complexity index is 1030. The molecule has 0 aliphatic carbocycles. The van der Waals surface area contributed by atoms with Gasteiger partial charge in [-0.1, -0.05) is 12.1 Å². The van der Waals surface area contributed by atoms with Crippen molar-refractivity contribution < 1.29 is 4.42 Å². The van der Waals surface area contributed by atoms with Crippen LogP contribution in [-0.4, -0.2) is 9.97 Å². The van der Waals surface area contributed by atoms with Gasteiger partial charge >= 0.3 is 5.63 Å². The van der Waals surface area contributed by atoms with E-state index >= 15 is 0 Å². The molecule has 0 atom stereocenters. The Hall–Kier alpha value is -2.75. The topological polar surface area (TPSA) is 56.0 Å². The molecule has 0 amide bonds. The second kappa shape index (κ2) is 3.87. The van der Waals surface area contributed by atoms with Crippen molar-refractivity contribution in [1.82, 2.24) is 9.97 Å². The van der Waals surface area contributed by atoms with Gasteiger partial charge in [-0.2, -0.15) is 0 Å². The van der Waals surface area contributed by atoms with E-state index in [4.69, 9.17) is 4.42 Å². The summed E-state index contributed by atoms with van der Waals surface area (Å²) in [6.45, 7) is 1.91. The standard InChI is InChI=1S/C16H10N2O2/c1-9-4-2-6-11-13-12(16(19)20-14(9)11)8-10-5-3-7-17-15(10)18-13/h2-8H,1H3. The summed E-state index contributed by atoms with van der Waals surface area (Å²) in [6.07, 6.45) is 1.69. The lowest BCUT2D eigenvalue weighted by molar-refractivity contribution is 0.567. The van der Waals surface area contributed by atoms with Gasteiger partial charge in [-0.15, -0.1) is 0 Å². The fourth-order valence-corrected chi connectivity index (χ4v) is 2.49. The van der Waals surface area contributed by atoms with Crippen LogP contribution in [0.15, 0.2) is 51.8 Å². The molecular weight excluding hydrogens is 252 g/mol. The van der Waals surface area contributed by atoms with E-state index in [-0.39, 0.29) is 5.63 Å². The first-order valence-corrected chi connectivity index (χ1v) is 6.32. The van der Waals surface area contributed by atoms with Crippen LogP contribution in [0.4, 0.5) is 0 Å². The average Bonchev–Trinajstić information content (AvgIpc) is 2.47. The van der Waals surface area contributed by atoms with Crippen molar-refractivity contribution in [3.05, 3.63) is 58.6 Å². The number of hydrogen-bond acceptors (Lipinski definition) is 4. The summed E-state index contributed by atoms with van der Waals surface area (Å²) in [5.41, 5.74) is 2.43. The van der Waals surface area contributed by atoms with Gasteiger partial charge in [-0.25, -0.2) is 14.8 Å². The maximum atomic E-state index is 12.2. The Balaban J connectivity index is 2.34. The van der Waals surface area contributed by atoms with Gasteiger partial charge in [0, 0.05) is 17.0 Å². The molecule has 0 aliphatic rings. The van der Waals surface area contributed by atoms with Crippen LogP contribution in [0.3, 0.4) is 0 Å². The Morgan fingerprint density at radius 1 is 1.10 bits per heavy atom. The smallest absolute Gasteiger partial charge is 0.345 e. The Morgan fingerprint density at radius 2 is 2.00 bits per heavy atom.